The molecule has 0 saturated carbocycles. The van der Waals surface area contributed by atoms with E-state index in [0.29, 0.717) is 0 Å². The molecule has 0 aliphatic heterocycles. The molecule has 6 nitrogen and oxygen atoms in total. The van der Waals surface area contributed by atoms with Gasteiger partial charge in [0, 0.05) is 0 Å². The van der Waals surface area contributed by atoms with E-state index in [1.807, 2.05) is 6.92 Å². The van der Waals surface area contributed by atoms with Gasteiger partial charge in [0.25, 0.3) is 5.91 Å². The maximum atomic E-state index is 12.1. The van der Waals surface area contributed by atoms with Crippen LogP contribution < -0.4 is 10.2 Å². The van der Waals surface area contributed by atoms with Crippen LogP contribution in [0.1, 0.15) is 19.4 Å². The van der Waals surface area contributed by atoms with Crippen LogP contribution in [-0.4, -0.2) is 25.6 Å². The minimum Gasteiger partial charge on any atom is -0.289 e. The summed E-state index contributed by atoms with van der Waals surface area (Å²) in [5.41, 5.74) is 2.40. The minimum atomic E-state index is -3.80. The van der Waals surface area contributed by atoms with E-state index in [0.717, 1.165) is 5.56 Å². The molecule has 7 heteroatoms. The molecule has 0 radical (unpaired) electrons. The summed E-state index contributed by atoms with van der Waals surface area (Å²) in [5.74, 6) is -1.09. The number of nitrogens with one attached hydrogen (secondary N) is 2. The quantitative estimate of drug-likeness (QED) is 0.551. The first-order valence-electron chi connectivity index (χ1n) is 5.81. The second kappa shape index (κ2) is 6.14. The molecule has 0 heterocycles. The van der Waals surface area contributed by atoms with Gasteiger partial charge in [0.15, 0.2) is 0 Å². The third-order valence-electron chi connectivity index (χ3n) is 2.67. The molecule has 1 atom stereocenters. The largest absolute Gasteiger partial charge is 0.289 e. The lowest BCUT2D eigenvalue weighted by molar-refractivity contribution is -0.131. The van der Waals surface area contributed by atoms with E-state index in [4.69, 9.17) is 5.21 Å². The molecule has 1 rings (SSSR count). The van der Waals surface area contributed by atoms with Crippen LogP contribution >= 0.6 is 0 Å². The van der Waals surface area contributed by atoms with Gasteiger partial charge in [0.05, 0.1) is 4.90 Å². The van der Waals surface area contributed by atoms with Crippen molar-refractivity contribution in [1.29, 1.82) is 0 Å². The van der Waals surface area contributed by atoms with Crippen molar-refractivity contribution >= 4 is 15.9 Å². The zero-order chi connectivity index (χ0) is 14.6. The predicted molar refractivity (Wildman–Crippen MR) is 70.1 cm³/mol. The number of hydrogen-bond acceptors (Lipinski definition) is 4. The summed E-state index contributed by atoms with van der Waals surface area (Å²) < 4.78 is 26.5. The first-order chi connectivity index (χ1) is 8.77. The van der Waals surface area contributed by atoms with Gasteiger partial charge in [-0.15, -0.1) is 0 Å². The zero-order valence-electron chi connectivity index (χ0n) is 11.0. The van der Waals surface area contributed by atoms with Gasteiger partial charge in [0.1, 0.15) is 6.04 Å². The summed E-state index contributed by atoms with van der Waals surface area (Å²) in [4.78, 5) is 11.5. The normalized spacial score (nSPS) is 13.3. The first kappa shape index (κ1) is 15.6. The summed E-state index contributed by atoms with van der Waals surface area (Å²) in [6, 6.07) is 5.24. The van der Waals surface area contributed by atoms with Crippen molar-refractivity contribution in [3.63, 3.8) is 0 Å². The van der Waals surface area contributed by atoms with Crippen molar-refractivity contribution in [2.75, 3.05) is 0 Å². The van der Waals surface area contributed by atoms with Crippen LogP contribution in [0.2, 0.25) is 0 Å². The fraction of sp³-hybridized carbons (Fsp3) is 0.417. The molecule has 0 aliphatic rings. The molecule has 3 N–H and O–H groups in total. The fourth-order valence-electron chi connectivity index (χ4n) is 1.51. The number of benzene rings is 1. The van der Waals surface area contributed by atoms with Gasteiger partial charge in [0.2, 0.25) is 10.0 Å². The predicted octanol–water partition coefficient (Wildman–Crippen LogP) is 0.803. The first-order valence-corrected chi connectivity index (χ1v) is 7.29. The number of rotatable bonds is 5. The van der Waals surface area contributed by atoms with Crippen LogP contribution in [0.3, 0.4) is 0 Å². The van der Waals surface area contributed by atoms with Crippen molar-refractivity contribution in [2.24, 2.45) is 5.92 Å². The van der Waals surface area contributed by atoms with Crippen LogP contribution in [-0.2, 0) is 14.8 Å². The van der Waals surface area contributed by atoms with E-state index >= 15 is 0 Å². The number of amides is 1. The van der Waals surface area contributed by atoms with Gasteiger partial charge in [-0.2, -0.15) is 4.72 Å². The zero-order valence-corrected chi connectivity index (χ0v) is 11.9. The van der Waals surface area contributed by atoms with Gasteiger partial charge < -0.3 is 0 Å². The Labute approximate surface area is 112 Å². The van der Waals surface area contributed by atoms with E-state index in [-0.39, 0.29) is 10.8 Å². The standard InChI is InChI=1S/C12H18N2O4S/c1-8(2)11(12(15)13-16)14-19(17,18)10-6-4-9(3)5-7-10/h4-8,11,14,16H,1-3H3,(H,13,15)/t11-/m1/s1. The Hall–Kier alpha value is -1.44. The third-order valence-corrected chi connectivity index (χ3v) is 4.13. The number of carbonyl (C=O) groups excluding carboxylic acids is 1. The number of sulfonamides is 1. The Bertz CT molecular complexity index is 537. The van der Waals surface area contributed by atoms with Crippen molar-refractivity contribution in [1.82, 2.24) is 10.2 Å². The van der Waals surface area contributed by atoms with Crippen molar-refractivity contribution < 1.29 is 18.4 Å². The van der Waals surface area contributed by atoms with Crippen LogP contribution in [0.5, 0.6) is 0 Å². The average molecular weight is 286 g/mol. The molecule has 106 valence electrons. The van der Waals surface area contributed by atoms with Gasteiger partial charge in [-0.3, -0.25) is 10.0 Å². The summed E-state index contributed by atoms with van der Waals surface area (Å²) in [7, 11) is -3.80. The highest BCUT2D eigenvalue weighted by atomic mass is 32.2. The second-order valence-electron chi connectivity index (χ2n) is 4.63. The number of aryl methyl sites for hydroxylation is 1. The molecule has 1 aromatic rings. The number of carbonyl (C=O) groups is 1. The molecule has 1 aromatic carbocycles. The highest BCUT2D eigenvalue weighted by molar-refractivity contribution is 7.89. The molecule has 0 spiro atoms. The maximum absolute atomic E-state index is 12.1. The van der Waals surface area contributed by atoms with E-state index in [9.17, 15) is 13.2 Å². The third kappa shape index (κ3) is 4.02. The lowest BCUT2D eigenvalue weighted by Gasteiger charge is -2.20. The fourth-order valence-corrected chi connectivity index (χ4v) is 2.86. The minimum absolute atomic E-state index is 0.0782. The van der Waals surface area contributed by atoms with Crippen LogP contribution in [0.25, 0.3) is 0 Å². The molecule has 0 unspecified atom stereocenters. The van der Waals surface area contributed by atoms with Crippen LogP contribution in [0.15, 0.2) is 29.2 Å². The van der Waals surface area contributed by atoms with E-state index in [1.54, 1.807) is 26.0 Å². The van der Waals surface area contributed by atoms with Gasteiger partial charge >= 0.3 is 0 Å². The number of hydrogen-bond donors (Lipinski definition) is 3. The molecule has 0 aliphatic carbocycles. The Morgan fingerprint density at radius 1 is 1.21 bits per heavy atom. The Morgan fingerprint density at radius 2 is 1.74 bits per heavy atom. The monoisotopic (exact) mass is 286 g/mol. The maximum Gasteiger partial charge on any atom is 0.261 e. The SMILES string of the molecule is Cc1ccc(S(=O)(=O)N[C@@H](C(=O)NO)C(C)C)cc1. The van der Waals surface area contributed by atoms with Crippen LogP contribution in [0, 0.1) is 12.8 Å². The summed E-state index contributed by atoms with van der Waals surface area (Å²) in [6.07, 6.45) is 0. The highest BCUT2D eigenvalue weighted by Crippen LogP contribution is 2.12. The lowest BCUT2D eigenvalue weighted by atomic mass is 10.1. The van der Waals surface area contributed by atoms with E-state index in [1.165, 1.54) is 17.6 Å². The van der Waals surface area contributed by atoms with Crippen LogP contribution in [0.4, 0.5) is 0 Å². The van der Waals surface area contributed by atoms with Gasteiger partial charge in [-0.25, -0.2) is 13.9 Å². The molecule has 0 saturated heterocycles. The molecule has 1 amide bonds. The van der Waals surface area contributed by atoms with Gasteiger partial charge in [-0.05, 0) is 25.0 Å². The molecule has 0 bridgehead atoms. The molecule has 0 fully saturated rings. The molecule has 19 heavy (non-hydrogen) atoms. The Balaban J connectivity index is 3.00. The lowest BCUT2D eigenvalue weighted by Crippen LogP contribution is -2.48. The molecule has 0 aromatic heterocycles. The Kier molecular flexibility index (Phi) is 5.04. The van der Waals surface area contributed by atoms with Gasteiger partial charge in [-0.1, -0.05) is 31.5 Å². The van der Waals surface area contributed by atoms with E-state index in [2.05, 4.69) is 4.72 Å². The molecular weight excluding hydrogens is 268 g/mol. The van der Waals surface area contributed by atoms with E-state index < -0.39 is 22.0 Å². The smallest absolute Gasteiger partial charge is 0.261 e. The topological polar surface area (TPSA) is 95.5 Å². The molecular formula is C12H18N2O4S. The average Bonchev–Trinajstić information content (AvgIpc) is 2.35. The summed E-state index contributed by atoms with van der Waals surface area (Å²) >= 11 is 0. The summed E-state index contributed by atoms with van der Waals surface area (Å²) in [5, 5.41) is 8.62. The van der Waals surface area contributed by atoms with Crippen molar-refractivity contribution in [2.45, 2.75) is 31.7 Å². The highest BCUT2D eigenvalue weighted by Gasteiger charge is 2.27. The second-order valence-corrected chi connectivity index (χ2v) is 6.35. The number of hydroxylamine groups is 1. The van der Waals surface area contributed by atoms with Crippen molar-refractivity contribution in [3.8, 4) is 0 Å². The van der Waals surface area contributed by atoms with Crippen molar-refractivity contribution in [3.05, 3.63) is 29.8 Å². The summed E-state index contributed by atoms with van der Waals surface area (Å²) in [6.45, 7) is 5.20. The Morgan fingerprint density at radius 3 is 2.16 bits per heavy atom.